The van der Waals surface area contributed by atoms with Crippen LogP contribution in [-0.2, 0) is 24.1 Å². The molecule has 3 rings (SSSR count). The zero-order chi connectivity index (χ0) is 19.2. The fraction of sp³-hybridized carbons (Fsp3) is 0.318. The lowest BCUT2D eigenvalue weighted by molar-refractivity contribution is 0.104. The molecule has 1 aliphatic rings. The summed E-state index contributed by atoms with van der Waals surface area (Å²) in [6.07, 6.45) is 6.58. The van der Waals surface area contributed by atoms with Crippen LogP contribution in [0.4, 0.5) is 0 Å². The number of rotatable bonds is 8. The molecule has 0 N–H and O–H groups in total. The van der Waals surface area contributed by atoms with Crippen molar-refractivity contribution in [1.82, 2.24) is 4.31 Å². The number of allylic oxidation sites excluding steroid dienone is 1. The minimum absolute atomic E-state index is 0.0413. The Hall–Kier alpha value is -2.08. The summed E-state index contributed by atoms with van der Waals surface area (Å²) in [4.78, 5) is 12.5. The maximum absolute atomic E-state index is 12.5. The van der Waals surface area contributed by atoms with Crippen molar-refractivity contribution in [3.8, 4) is 0 Å². The van der Waals surface area contributed by atoms with E-state index in [0.717, 1.165) is 29.5 Å². The number of carbonyl (C=O) groups is 1. The van der Waals surface area contributed by atoms with Gasteiger partial charge in [-0.15, -0.1) is 0 Å². The summed E-state index contributed by atoms with van der Waals surface area (Å²) in [5.74, 6) is -0.0413. The van der Waals surface area contributed by atoms with E-state index >= 15 is 0 Å². The van der Waals surface area contributed by atoms with Crippen molar-refractivity contribution in [2.75, 3.05) is 6.54 Å². The molecular formula is C22H24NO3S-. The van der Waals surface area contributed by atoms with Gasteiger partial charge in [0.2, 0.25) is 0 Å². The van der Waals surface area contributed by atoms with Gasteiger partial charge in [-0.2, -0.15) is 0 Å². The summed E-state index contributed by atoms with van der Waals surface area (Å²) in [5, 5.41) is 0. The van der Waals surface area contributed by atoms with Gasteiger partial charge in [0.05, 0.1) is 0 Å². The van der Waals surface area contributed by atoms with Crippen LogP contribution in [0.15, 0.2) is 54.6 Å². The Morgan fingerprint density at radius 3 is 2.63 bits per heavy atom. The second-order valence-electron chi connectivity index (χ2n) is 6.87. The molecule has 0 heterocycles. The number of ketones is 1. The van der Waals surface area contributed by atoms with Crippen molar-refractivity contribution in [2.45, 2.75) is 38.6 Å². The minimum atomic E-state index is -2.22. The predicted molar refractivity (Wildman–Crippen MR) is 108 cm³/mol. The fourth-order valence-electron chi connectivity index (χ4n) is 3.48. The lowest BCUT2D eigenvalue weighted by Gasteiger charge is -2.30. The highest BCUT2D eigenvalue weighted by molar-refractivity contribution is 7.76. The molecule has 0 fully saturated rings. The van der Waals surface area contributed by atoms with Gasteiger partial charge in [0.1, 0.15) is 0 Å². The van der Waals surface area contributed by atoms with Crippen molar-refractivity contribution in [3.05, 3.63) is 76.9 Å². The molecule has 27 heavy (non-hydrogen) atoms. The first kappa shape index (κ1) is 19.7. The van der Waals surface area contributed by atoms with Crippen LogP contribution >= 0.6 is 0 Å². The molecule has 2 atom stereocenters. The van der Waals surface area contributed by atoms with Gasteiger partial charge >= 0.3 is 0 Å². The first-order valence-electron chi connectivity index (χ1n) is 9.33. The number of unbranched alkanes of at least 4 members (excludes halogenated alkanes) is 1. The molecule has 142 valence electrons. The van der Waals surface area contributed by atoms with E-state index in [0.29, 0.717) is 24.9 Å². The smallest absolute Gasteiger partial charge is 0.185 e. The predicted octanol–water partition coefficient (Wildman–Crippen LogP) is 3.95. The molecule has 2 aromatic carbocycles. The van der Waals surface area contributed by atoms with Crippen LogP contribution in [0.25, 0.3) is 6.08 Å². The molecule has 5 heteroatoms. The summed E-state index contributed by atoms with van der Waals surface area (Å²) in [6, 6.07) is 15.4. The number of hydrogen-bond acceptors (Lipinski definition) is 3. The topological polar surface area (TPSA) is 60.4 Å². The van der Waals surface area contributed by atoms with E-state index in [1.165, 1.54) is 0 Å². The third-order valence-corrected chi connectivity index (χ3v) is 5.82. The first-order valence-corrected chi connectivity index (χ1v) is 10.4. The van der Waals surface area contributed by atoms with E-state index in [1.54, 1.807) is 10.4 Å². The van der Waals surface area contributed by atoms with Crippen LogP contribution in [-0.4, -0.2) is 31.4 Å². The summed E-state index contributed by atoms with van der Waals surface area (Å²) < 4.78 is 24.8. The summed E-state index contributed by atoms with van der Waals surface area (Å²) in [6.45, 7) is 2.60. The Balaban J connectivity index is 1.71. The Labute approximate surface area is 163 Å². The number of hydrogen-bond donors (Lipinski definition) is 0. The standard InChI is InChI=1S/C22H25NO3S/c1-2-3-13-23(27(25)26)21-15-18-10-11-19(14-20(18)16-21)22(24)12-9-17-7-5-4-6-8-17/h4-12,14,21H,2-3,13,15-16H2,1H3,(H,25,26)/p-1. The van der Waals surface area contributed by atoms with Gasteiger partial charge in [0.25, 0.3) is 0 Å². The Morgan fingerprint density at radius 1 is 1.19 bits per heavy atom. The third-order valence-electron chi connectivity index (χ3n) is 4.96. The second-order valence-corrected chi connectivity index (χ2v) is 7.77. The van der Waals surface area contributed by atoms with Crippen molar-refractivity contribution >= 4 is 23.1 Å². The molecule has 0 saturated heterocycles. The largest absolute Gasteiger partial charge is 0.760 e. The molecule has 2 unspecified atom stereocenters. The normalized spacial score (nSPS) is 17.4. The summed E-state index contributed by atoms with van der Waals surface area (Å²) in [5.41, 5.74) is 3.84. The average Bonchev–Trinajstić information content (AvgIpc) is 3.09. The maximum atomic E-state index is 12.5. The molecule has 4 nitrogen and oxygen atoms in total. The second kappa shape index (κ2) is 9.22. The molecule has 0 bridgehead atoms. The van der Waals surface area contributed by atoms with Crippen LogP contribution < -0.4 is 0 Å². The van der Waals surface area contributed by atoms with E-state index in [4.69, 9.17) is 0 Å². The molecular weight excluding hydrogens is 358 g/mol. The SMILES string of the molecule is CCCCN(C1Cc2ccc(C(=O)C=Cc3ccccc3)cc2C1)S(=O)[O-]. The number of carbonyl (C=O) groups excluding carboxylic acids is 1. The quantitative estimate of drug-likeness (QED) is 0.395. The molecule has 0 aliphatic heterocycles. The Morgan fingerprint density at radius 2 is 1.93 bits per heavy atom. The van der Waals surface area contributed by atoms with Crippen molar-refractivity contribution in [1.29, 1.82) is 0 Å². The lowest BCUT2D eigenvalue weighted by atomic mass is 10.0. The molecule has 0 aromatic heterocycles. The molecule has 0 amide bonds. The highest BCUT2D eigenvalue weighted by Gasteiger charge is 2.27. The molecule has 0 spiro atoms. The number of benzene rings is 2. The van der Waals surface area contributed by atoms with Gasteiger partial charge in [-0.05, 0) is 48.1 Å². The zero-order valence-corrected chi connectivity index (χ0v) is 16.3. The van der Waals surface area contributed by atoms with Gasteiger partial charge in [-0.3, -0.25) is 9.00 Å². The van der Waals surface area contributed by atoms with E-state index in [2.05, 4.69) is 6.92 Å². The highest BCUT2D eigenvalue weighted by Crippen LogP contribution is 2.28. The Bertz CT molecular complexity index is 848. The zero-order valence-electron chi connectivity index (χ0n) is 15.5. The molecule has 0 saturated carbocycles. The third kappa shape index (κ3) is 5.01. The van der Waals surface area contributed by atoms with E-state index in [-0.39, 0.29) is 11.8 Å². The van der Waals surface area contributed by atoms with Crippen LogP contribution in [0, 0.1) is 0 Å². The number of fused-ring (bicyclic) bond motifs is 1. The van der Waals surface area contributed by atoms with Crippen molar-refractivity contribution in [3.63, 3.8) is 0 Å². The molecule has 1 aliphatic carbocycles. The van der Waals surface area contributed by atoms with Gasteiger partial charge in [-0.1, -0.05) is 61.9 Å². The lowest BCUT2D eigenvalue weighted by Crippen LogP contribution is -2.38. The highest BCUT2D eigenvalue weighted by atomic mass is 32.2. The first-order chi connectivity index (χ1) is 13.1. The monoisotopic (exact) mass is 382 g/mol. The summed E-state index contributed by atoms with van der Waals surface area (Å²) >= 11 is -2.22. The van der Waals surface area contributed by atoms with Gasteiger partial charge < -0.3 is 4.55 Å². The minimum Gasteiger partial charge on any atom is -0.760 e. The van der Waals surface area contributed by atoms with Crippen molar-refractivity contribution < 1.29 is 13.6 Å². The van der Waals surface area contributed by atoms with E-state index < -0.39 is 11.3 Å². The molecule has 2 aromatic rings. The van der Waals surface area contributed by atoms with Crippen LogP contribution in [0.2, 0.25) is 0 Å². The van der Waals surface area contributed by atoms with Crippen LogP contribution in [0.1, 0.15) is 46.8 Å². The van der Waals surface area contributed by atoms with Crippen LogP contribution in [0.5, 0.6) is 0 Å². The average molecular weight is 383 g/mol. The number of nitrogens with zero attached hydrogens (tertiary/aromatic N) is 1. The van der Waals surface area contributed by atoms with Crippen molar-refractivity contribution in [2.24, 2.45) is 0 Å². The fourth-order valence-corrected chi connectivity index (χ4v) is 4.15. The van der Waals surface area contributed by atoms with Gasteiger partial charge in [0.15, 0.2) is 5.78 Å². The Kier molecular flexibility index (Phi) is 6.72. The van der Waals surface area contributed by atoms with Gasteiger partial charge in [-0.25, -0.2) is 4.31 Å². The summed E-state index contributed by atoms with van der Waals surface area (Å²) in [7, 11) is 0. The van der Waals surface area contributed by atoms with E-state index in [9.17, 15) is 13.6 Å². The van der Waals surface area contributed by atoms with Gasteiger partial charge in [0, 0.05) is 29.4 Å². The van der Waals surface area contributed by atoms with E-state index in [1.807, 2.05) is 54.6 Å². The molecule has 0 radical (unpaired) electrons. The van der Waals surface area contributed by atoms with Crippen LogP contribution in [0.3, 0.4) is 0 Å². The maximum Gasteiger partial charge on any atom is 0.185 e.